The van der Waals surface area contributed by atoms with Gasteiger partial charge in [-0.05, 0) is 30.5 Å². The molecule has 1 aliphatic carbocycles. The molecule has 1 fully saturated rings. The van der Waals surface area contributed by atoms with E-state index in [2.05, 4.69) is 34.9 Å². The SMILES string of the molecule is O=C(C[C@H]1Sc2ccccc2NC1=O)NCC1(c2ccccc2)CCC1. The van der Waals surface area contributed by atoms with E-state index in [1.165, 1.54) is 23.7 Å². The minimum atomic E-state index is -0.376. The summed E-state index contributed by atoms with van der Waals surface area (Å²) in [5, 5.41) is 5.60. The Balaban J connectivity index is 1.37. The maximum absolute atomic E-state index is 12.5. The molecule has 2 N–H and O–H groups in total. The second-order valence-electron chi connectivity index (χ2n) is 7.07. The molecule has 26 heavy (non-hydrogen) atoms. The predicted molar refractivity (Wildman–Crippen MR) is 104 cm³/mol. The zero-order valence-corrected chi connectivity index (χ0v) is 15.4. The molecule has 4 nitrogen and oxygen atoms in total. The first-order valence-corrected chi connectivity index (χ1v) is 9.93. The minimum Gasteiger partial charge on any atom is -0.355 e. The van der Waals surface area contributed by atoms with Crippen LogP contribution < -0.4 is 10.6 Å². The molecule has 0 saturated heterocycles. The van der Waals surface area contributed by atoms with Gasteiger partial charge in [0.1, 0.15) is 0 Å². The van der Waals surface area contributed by atoms with E-state index in [9.17, 15) is 9.59 Å². The number of fused-ring (bicyclic) bond motifs is 1. The van der Waals surface area contributed by atoms with E-state index in [-0.39, 0.29) is 28.9 Å². The number of hydrogen-bond donors (Lipinski definition) is 2. The zero-order chi connectivity index (χ0) is 18.0. The number of carbonyl (C=O) groups excluding carboxylic acids is 2. The van der Waals surface area contributed by atoms with Crippen molar-refractivity contribution in [3.05, 3.63) is 60.2 Å². The lowest BCUT2D eigenvalue weighted by molar-refractivity contribution is -0.124. The van der Waals surface area contributed by atoms with Gasteiger partial charge in [-0.25, -0.2) is 0 Å². The third-order valence-corrected chi connectivity index (χ3v) is 6.67. The normalized spacial score (nSPS) is 20.5. The summed E-state index contributed by atoms with van der Waals surface area (Å²) in [6.45, 7) is 0.644. The Morgan fingerprint density at radius 1 is 1.12 bits per heavy atom. The Bertz CT molecular complexity index is 818. The molecule has 1 saturated carbocycles. The van der Waals surface area contributed by atoms with Crippen molar-refractivity contribution in [1.29, 1.82) is 0 Å². The Morgan fingerprint density at radius 2 is 1.85 bits per heavy atom. The van der Waals surface area contributed by atoms with Crippen LogP contribution in [0, 0.1) is 0 Å². The second kappa shape index (κ2) is 7.16. The fraction of sp³-hybridized carbons (Fsp3) is 0.333. The van der Waals surface area contributed by atoms with Crippen LogP contribution in [-0.4, -0.2) is 23.6 Å². The van der Waals surface area contributed by atoms with E-state index >= 15 is 0 Å². The Morgan fingerprint density at radius 3 is 2.58 bits per heavy atom. The second-order valence-corrected chi connectivity index (χ2v) is 8.32. The van der Waals surface area contributed by atoms with Crippen LogP contribution >= 0.6 is 11.8 Å². The number of para-hydroxylation sites is 1. The van der Waals surface area contributed by atoms with Gasteiger partial charge in [-0.15, -0.1) is 11.8 Å². The van der Waals surface area contributed by atoms with Crippen molar-refractivity contribution in [3.8, 4) is 0 Å². The smallest absolute Gasteiger partial charge is 0.238 e. The van der Waals surface area contributed by atoms with Crippen LogP contribution in [0.5, 0.6) is 0 Å². The zero-order valence-electron chi connectivity index (χ0n) is 14.5. The summed E-state index contributed by atoms with van der Waals surface area (Å²) in [5.74, 6) is -0.149. The first-order chi connectivity index (χ1) is 12.7. The third-order valence-electron chi connectivity index (χ3n) is 5.40. The van der Waals surface area contributed by atoms with E-state index in [1.54, 1.807) is 0 Å². The number of benzene rings is 2. The van der Waals surface area contributed by atoms with Crippen LogP contribution in [0.15, 0.2) is 59.5 Å². The van der Waals surface area contributed by atoms with Gasteiger partial charge in [0.2, 0.25) is 11.8 Å². The molecule has 1 heterocycles. The number of anilines is 1. The fourth-order valence-electron chi connectivity index (χ4n) is 3.70. The molecule has 0 radical (unpaired) electrons. The molecule has 0 aromatic heterocycles. The molecule has 4 rings (SSSR count). The van der Waals surface area contributed by atoms with Crippen molar-refractivity contribution in [1.82, 2.24) is 5.32 Å². The van der Waals surface area contributed by atoms with Crippen molar-refractivity contribution < 1.29 is 9.59 Å². The lowest BCUT2D eigenvalue weighted by Gasteiger charge is -2.42. The molecule has 0 spiro atoms. The molecule has 2 aromatic carbocycles. The van der Waals surface area contributed by atoms with E-state index in [0.29, 0.717) is 6.54 Å². The maximum atomic E-state index is 12.5. The van der Waals surface area contributed by atoms with Crippen molar-refractivity contribution in [2.45, 2.75) is 41.2 Å². The Hall–Kier alpha value is -2.27. The third kappa shape index (κ3) is 3.36. The molecule has 5 heteroatoms. The minimum absolute atomic E-state index is 0.0563. The molecule has 2 aliphatic rings. The highest BCUT2D eigenvalue weighted by Crippen LogP contribution is 2.43. The molecule has 2 amide bonds. The van der Waals surface area contributed by atoms with Gasteiger partial charge in [0.15, 0.2) is 0 Å². The van der Waals surface area contributed by atoms with Crippen LogP contribution in [0.3, 0.4) is 0 Å². The predicted octanol–water partition coefficient (Wildman–Crippen LogP) is 3.73. The van der Waals surface area contributed by atoms with Gasteiger partial charge in [0.05, 0.1) is 10.9 Å². The lowest BCUT2D eigenvalue weighted by atomic mass is 9.64. The topological polar surface area (TPSA) is 58.2 Å². The average molecular weight is 366 g/mol. The van der Waals surface area contributed by atoms with Crippen LogP contribution in [-0.2, 0) is 15.0 Å². The highest BCUT2D eigenvalue weighted by Gasteiger charge is 2.39. The number of carbonyl (C=O) groups is 2. The number of thioether (sulfide) groups is 1. The summed E-state index contributed by atoms with van der Waals surface area (Å²) in [6.07, 6.45) is 3.60. The molecule has 0 unspecified atom stereocenters. The van der Waals surface area contributed by atoms with Crippen LogP contribution in [0.1, 0.15) is 31.2 Å². The van der Waals surface area contributed by atoms with Crippen molar-refractivity contribution in [3.63, 3.8) is 0 Å². The fourth-order valence-corrected chi connectivity index (χ4v) is 4.81. The van der Waals surface area contributed by atoms with Crippen LogP contribution in [0.4, 0.5) is 5.69 Å². The van der Waals surface area contributed by atoms with Gasteiger partial charge in [0.25, 0.3) is 0 Å². The van der Waals surface area contributed by atoms with Gasteiger partial charge < -0.3 is 10.6 Å². The highest BCUT2D eigenvalue weighted by atomic mass is 32.2. The van der Waals surface area contributed by atoms with Crippen LogP contribution in [0.25, 0.3) is 0 Å². The van der Waals surface area contributed by atoms with Gasteiger partial charge in [0, 0.05) is 23.3 Å². The summed E-state index contributed by atoms with van der Waals surface area (Å²) in [4.78, 5) is 25.8. The van der Waals surface area contributed by atoms with Gasteiger partial charge in [-0.3, -0.25) is 9.59 Å². The van der Waals surface area contributed by atoms with Crippen molar-refractivity contribution in [2.75, 3.05) is 11.9 Å². The summed E-state index contributed by atoms with van der Waals surface area (Å²) in [6, 6.07) is 18.1. The quantitative estimate of drug-likeness (QED) is 0.848. The van der Waals surface area contributed by atoms with E-state index in [1.807, 2.05) is 30.3 Å². The molecule has 2 aromatic rings. The summed E-state index contributed by atoms with van der Waals surface area (Å²) in [5.41, 5.74) is 2.19. The molecular weight excluding hydrogens is 344 g/mol. The first-order valence-electron chi connectivity index (χ1n) is 9.05. The van der Waals surface area contributed by atoms with E-state index in [0.717, 1.165) is 23.4 Å². The summed E-state index contributed by atoms with van der Waals surface area (Å²) in [7, 11) is 0. The highest BCUT2D eigenvalue weighted by molar-refractivity contribution is 8.01. The number of hydrogen-bond acceptors (Lipinski definition) is 3. The molecule has 1 atom stereocenters. The largest absolute Gasteiger partial charge is 0.355 e. The monoisotopic (exact) mass is 366 g/mol. The maximum Gasteiger partial charge on any atom is 0.238 e. The van der Waals surface area contributed by atoms with Gasteiger partial charge in [-0.1, -0.05) is 48.9 Å². The van der Waals surface area contributed by atoms with E-state index in [4.69, 9.17) is 0 Å². The van der Waals surface area contributed by atoms with Crippen molar-refractivity contribution >= 4 is 29.3 Å². The van der Waals surface area contributed by atoms with Crippen molar-refractivity contribution in [2.24, 2.45) is 0 Å². The van der Waals surface area contributed by atoms with E-state index < -0.39 is 0 Å². The summed E-state index contributed by atoms with van der Waals surface area (Å²) >= 11 is 1.47. The first kappa shape index (κ1) is 17.2. The number of rotatable bonds is 5. The molecular formula is C21H22N2O2S. The number of nitrogens with one attached hydrogen (secondary N) is 2. The molecule has 1 aliphatic heterocycles. The Labute approximate surface area is 157 Å². The van der Waals surface area contributed by atoms with Crippen LogP contribution in [0.2, 0.25) is 0 Å². The standard InChI is InChI=1S/C21H22N2O2S/c24-19(13-18-20(25)23-16-9-4-5-10-17(16)26-18)22-14-21(11-6-12-21)15-7-2-1-3-8-15/h1-5,7-10,18H,6,11-14H2,(H,22,24)(H,23,25)/t18-/m1/s1. The lowest BCUT2D eigenvalue weighted by Crippen LogP contribution is -2.46. The molecule has 134 valence electrons. The average Bonchev–Trinajstić information content (AvgIpc) is 2.62. The van der Waals surface area contributed by atoms with Gasteiger partial charge >= 0.3 is 0 Å². The Kier molecular flexibility index (Phi) is 4.72. The number of amides is 2. The summed E-state index contributed by atoms with van der Waals surface area (Å²) < 4.78 is 0. The molecule has 0 bridgehead atoms. The van der Waals surface area contributed by atoms with Gasteiger partial charge in [-0.2, -0.15) is 0 Å².